The molecule has 0 saturated carbocycles. The van der Waals surface area contributed by atoms with E-state index in [0.29, 0.717) is 40.6 Å². The van der Waals surface area contributed by atoms with Crippen molar-refractivity contribution in [3.8, 4) is 17.2 Å². The van der Waals surface area contributed by atoms with Crippen LogP contribution in [0.1, 0.15) is 36.6 Å². The Kier molecular flexibility index (Phi) is 5.80. The van der Waals surface area contributed by atoms with Crippen LogP contribution in [0.5, 0.6) is 17.2 Å². The normalized spacial score (nSPS) is 20.1. The van der Waals surface area contributed by atoms with E-state index in [1.54, 1.807) is 42.5 Å². The lowest BCUT2D eigenvalue weighted by molar-refractivity contribution is -0.132. The average Bonchev–Trinajstić information content (AvgIpc) is 3.56. The van der Waals surface area contributed by atoms with Gasteiger partial charge in [-0.25, -0.2) is 4.98 Å². The van der Waals surface area contributed by atoms with E-state index < -0.39 is 17.7 Å². The zero-order valence-corrected chi connectivity index (χ0v) is 21.5. The number of aromatic nitrogens is 1. The monoisotopic (exact) mass is 528 g/mol. The quantitative estimate of drug-likeness (QED) is 0.204. The molecule has 9 heteroatoms. The van der Waals surface area contributed by atoms with Crippen LogP contribution in [-0.4, -0.2) is 39.6 Å². The van der Waals surface area contributed by atoms with Crippen LogP contribution in [0, 0.1) is 0 Å². The topological polar surface area (TPSA) is 109 Å². The molecule has 0 bridgehead atoms. The number of thiazole rings is 1. The molecule has 2 atom stereocenters. The number of ether oxygens (including phenoxy) is 2. The van der Waals surface area contributed by atoms with Crippen LogP contribution in [0.15, 0.2) is 66.2 Å². The fourth-order valence-electron chi connectivity index (χ4n) is 4.98. The number of ketones is 1. The van der Waals surface area contributed by atoms with Crippen molar-refractivity contribution in [1.82, 2.24) is 4.98 Å². The SMILES string of the molecule is CCOc1ccc2nc(N3C(=O)C(=O)/C(=C(/O)c4ccc5c(c4)C[C@@H](C)O5)[C@@H]3c3ccc(O)cc3)sc2c1. The van der Waals surface area contributed by atoms with Gasteiger partial charge in [-0.05, 0) is 73.5 Å². The van der Waals surface area contributed by atoms with Crippen LogP contribution in [0.2, 0.25) is 0 Å². The van der Waals surface area contributed by atoms with E-state index >= 15 is 0 Å². The van der Waals surface area contributed by atoms with Crippen molar-refractivity contribution in [1.29, 1.82) is 0 Å². The summed E-state index contributed by atoms with van der Waals surface area (Å²) < 4.78 is 12.2. The van der Waals surface area contributed by atoms with Crippen molar-refractivity contribution in [2.24, 2.45) is 0 Å². The van der Waals surface area contributed by atoms with Crippen molar-refractivity contribution >= 4 is 44.1 Å². The number of benzene rings is 3. The maximum atomic E-state index is 13.5. The molecule has 0 aliphatic carbocycles. The number of hydrogen-bond acceptors (Lipinski definition) is 8. The number of aliphatic hydroxyl groups excluding tert-OH is 1. The summed E-state index contributed by atoms with van der Waals surface area (Å²) in [6.45, 7) is 4.37. The van der Waals surface area contributed by atoms with Gasteiger partial charge in [0.15, 0.2) is 5.13 Å². The number of anilines is 1. The molecule has 1 amide bonds. The summed E-state index contributed by atoms with van der Waals surface area (Å²) >= 11 is 1.26. The number of phenolic OH excluding ortho intramolecular Hbond substituents is 1. The van der Waals surface area contributed by atoms with Crippen LogP contribution in [0.25, 0.3) is 16.0 Å². The molecule has 4 aromatic rings. The van der Waals surface area contributed by atoms with Crippen LogP contribution >= 0.6 is 11.3 Å². The number of rotatable bonds is 5. The number of carbonyl (C=O) groups is 2. The fraction of sp³-hybridized carbons (Fsp3) is 0.207. The van der Waals surface area contributed by atoms with E-state index in [2.05, 4.69) is 4.98 Å². The van der Waals surface area contributed by atoms with E-state index in [4.69, 9.17) is 9.47 Å². The maximum absolute atomic E-state index is 13.5. The Balaban J connectivity index is 1.50. The van der Waals surface area contributed by atoms with Crippen LogP contribution in [0.4, 0.5) is 5.13 Å². The average molecular weight is 529 g/mol. The molecule has 1 fully saturated rings. The molecule has 1 aromatic heterocycles. The summed E-state index contributed by atoms with van der Waals surface area (Å²) in [4.78, 5) is 32.9. The first kappa shape index (κ1) is 24.0. The smallest absolute Gasteiger partial charge is 0.301 e. The number of Topliss-reactive ketones (excluding diaryl/α,β-unsaturated/α-hetero) is 1. The third kappa shape index (κ3) is 3.95. The second-order valence-corrected chi connectivity index (χ2v) is 10.3. The summed E-state index contributed by atoms with van der Waals surface area (Å²) in [7, 11) is 0. The van der Waals surface area contributed by atoms with Gasteiger partial charge in [0.1, 0.15) is 29.1 Å². The lowest BCUT2D eigenvalue weighted by Crippen LogP contribution is -2.29. The summed E-state index contributed by atoms with van der Waals surface area (Å²) in [5, 5.41) is 21.6. The summed E-state index contributed by atoms with van der Waals surface area (Å²) in [5.41, 5.74) is 2.52. The highest BCUT2D eigenvalue weighted by Crippen LogP contribution is 2.45. The van der Waals surface area contributed by atoms with Gasteiger partial charge in [0, 0.05) is 12.0 Å². The van der Waals surface area contributed by atoms with Crippen LogP contribution in [0.3, 0.4) is 0 Å². The lowest BCUT2D eigenvalue weighted by Gasteiger charge is -2.23. The Morgan fingerprint density at radius 3 is 2.68 bits per heavy atom. The highest BCUT2D eigenvalue weighted by atomic mass is 32.1. The van der Waals surface area contributed by atoms with E-state index in [1.807, 2.05) is 19.9 Å². The molecule has 0 spiro atoms. The van der Waals surface area contributed by atoms with Gasteiger partial charge >= 0.3 is 5.91 Å². The van der Waals surface area contributed by atoms with Crippen LogP contribution in [-0.2, 0) is 16.0 Å². The number of hydrogen-bond donors (Lipinski definition) is 2. The summed E-state index contributed by atoms with van der Waals surface area (Å²) in [6.07, 6.45) is 0.703. The molecule has 8 nitrogen and oxygen atoms in total. The molecular formula is C29H24N2O6S. The standard InChI is InChI=1S/C29H24N2O6S/c1-3-36-20-9-10-21-23(14-20)38-29(30-21)31-25(16-4-7-19(32)8-5-16)24(27(34)28(31)35)26(33)17-6-11-22-18(13-17)12-15(2)37-22/h4-11,13-15,25,32-33H,3,12H2,1-2H3/b26-24+/t15-,25+/m1/s1. The highest BCUT2D eigenvalue weighted by molar-refractivity contribution is 7.22. The van der Waals surface area contributed by atoms with Gasteiger partial charge in [-0.3, -0.25) is 14.5 Å². The predicted molar refractivity (Wildman–Crippen MR) is 144 cm³/mol. The molecule has 0 unspecified atom stereocenters. The van der Waals surface area contributed by atoms with Gasteiger partial charge in [-0.2, -0.15) is 0 Å². The molecule has 3 heterocycles. The van der Waals surface area contributed by atoms with Gasteiger partial charge in [-0.15, -0.1) is 0 Å². The Hall–Kier alpha value is -4.37. The zero-order chi connectivity index (χ0) is 26.6. The van der Waals surface area contributed by atoms with Crippen LogP contribution < -0.4 is 14.4 Å². The second-order valence-electron chi connectivity index (χ2n) is 9.27. The molecule has 3 aromatic carbocycles. The summed E-state index contributed by atoms with van der Waals surface area (Å²) in [6, 6.07) is 16.0. The Morgan fingerprint density at radius 2 is 1.92 bits per heavy atom. The molecule has 2 aliphatic heterocycles. The zero-order valence-electron chi connectivity index (χ0n) is 20.7. The fourth-order valence-corrected chi connectivity index (χ4v) is 6.00. The van der Waals surface area contributed by atoms with E-state index in [1.165, 1.54) is 28.4 Å². The van der Waals surface area contributed by atoms with Crippen molar-refractivity contribution < 1.29 is 29.3 Å². The molecule has 6 rings (SSSR count). The predicted octanol–water partition coefficient (Wildman–Crippen LogP) is 5.35. The van der Waals surface area contributed by atoms with Gasteiger partial charge in [0.25, 0.3) is 5.78 Å². The number of aliphatic hydroxyl groups is 1. The molecule has 2 N–H and O–H groups in total. The second kappa shape index (κ2) is 9.18. The number of aromatic hydroxyl groups is 1. The van der Waals surface area contributed by atoms with E-state index in [9.17, 15) is 19.8 Å². The minimum absolute atomic E-state index is 0.0206. The number of carbonyl (C=O) groups excluding carboxylic acids is 2. The third-order valence-corrected chi connectivity index (χ3v) is 7.71. The van der Waals surface area contributed by atoms with Gasteiger partial charge in [0.05, 0.1) is 28.4 Å². The van der Waals surface area contributed by atoms with E-state index in [-0.39, 0.29) is 23.2 Å². The molecule has 2 aliphatic rings. The largest absolute Gasteiger partial charge is 0.508 e. The first-order valence-electron chi connectivity index (χ1n) is 12.3. The summed E-state index contributed by atoms with van der Waals surface area (Å²) in [5.74, 6) is -0.396. The molecule has 1 saturated heterocycles. The van der Waals surface area contributed by atoms with Gasteiger partial charge in [-0.1, -0.05) is 23.5 Å². The Morgan fingerprint density at radius 1 is 1.13 bits per heavy atom. The number of fused-ring (bicyclic) bond motifs is 2. The number of amides is 1. The first-order chi connectivity index (χ1) is 18.3. The Labute approximate surface area is 222 Å². The molecule has 0 radical (unpaired) electrons. The molecule has 38 heavy (non-hydrogen) atoms. The number of nitrogens with zero attached hydrogens (tertiary/aromatic N) is 2. The van der Waals surface area contributed by atoms with Gasteiger partial charge in [0.2, 0.25) is 0 Å². The first-order valence-corrected chi connectivity index (χ1v) is 13.1. The lowest BCUT2D eigenvalue weighted by atomic mass is 9.94. The minimum atomic E-state index is -0.939. The van der Waals surface area contributed by atoms with Crippen molar-refractivity contribution in [2.75, 3.05) is 11.5 Å². The van der Waals surface area contributed by atoms with Crippen molar-refractivity contribution in [3.63, 3.8) is 0 Å². The number of phenols is 1. The van der Waals surface area contributed by atoms with Crippen molar-refractivity contribution in [2.45, 2.75) is 32.4 Å². The van der Waals surface area contributed by atoms with Crippen molar-refractivity contribution in [3.05, 3.63) is 82.9 Å². The highest BCUT2D eigenvalue weighted by Gasteiger charge is 2.48. The van der Waals surface area contributed by atoms with Gasteiger partial charge < -0.3 is 19.7 Å². The Bertz CT molecular complexity index is 1620. The maximum Gasteiger partial charge on any atom is 0.301 e. The van der Waals surface area contributed by atoms with E-state index in [0.717, 1.165) is 16.0 Å². The molecule has 192 valence electrons. The third-order valence-electron chi connectivity index (χ3n) is 6.69. The molecular weight excluding hydrogens is 504 g/mol. The minimum Gasteiger partial charge on any atom is -0.508 e.